The molecule has 164 valence electrons. The van der Waals surface area contributed by atoms with E-state index in [0.29, 0.717) is 40.8 Å². The molecular formula is C22H17ClF2N4O2S. The van der Waals surface area contributed by atoms with Gasteiger partial charge in [-0.3, -0.25) is 4.98 Å². The van der Waals surface area contributed by atoms with Gasteiger partial charge >= 0.3 is 6.09 Å². The summed E-state index contributed by atoms with van der Waals surface area (Å²) in [6.07, 6.45) is 1.09. The largest absolute Gasteiger partial charge is 0.465 e. The molecule has 3 heterocycles. The molecular weight excluding hydrogens is 458 g/mol. The highest BCUT2D eigenvalue weighted by atomic mass is 35.5. The number of rotatable bonds is 2. The fourth-order valence-corrected chi connectivity index (χ4v) is 5.26. The lowest BCUT2D eigenvalue weighted by molar-refractivity contribution is 0.0767. The van der Waals surface area contributed by atoms with E-state index < -0.39 is 17.7 Å². The molecule has 0 unspecified atom stereocenters. The molecule has 2 atom stereocenters. The molecule has 6 nitrogen and oxygen atoms in total. The number of carbonyl (C=O) groups is 1. The van der Waals surface area contributed by atoms with Gasteiger partial charge in [0.05, 0.1) is 28.4 Å². The number of carboxylic acid groups (broad SMARTS) is 1. The normalized spacial score (nSPS) is 19.7. The highest BCUT2D eigenvalue weighted by Crippen LogP contribution is 2.39. The third kappa shape index (κ3) is 2.99. The molecule has 0 bridgehead atoms. The number of fused-ring (bicyclic) bond motifs is 2. The zero-order valence-electron chi connectivity index (χ0n) is 16.6. The summed E-state index contributed by atoms with van der Waals surface area (Å²) in [6.45, 7) is 0.861. The van der Waals surface area contributed by atoms with Gasteiger partial charge < -0.3 is 20.6 Å². The number of thiocarbonyl (C=S) groups is 1. The van der Waals surface area contributed by atoms with E-state index in [1.807, 2.05) is 4.90 Å². The Morgan fingerprint density at radius 1 is 1.22 bits per heavy atom. The molecule has 3 aromatic rings. The second-order valence-corrected chi connectivity index (χ2v) is 8.63. The van der Waals surface area contributed by atoms with Gasteiger partial charge in [-0.15, -0.1) is 0 Å². The molecule has 5 rings (SSSR count). The SMILES string of the molecule is Nc1c(C(=S)N2C[C@@H]3[C@H]2CCN3C(=O)O)cnc(-c2cccc3ccc(F)c(Cl)c23)c1F. The Morgan fingerprint density at radius 2 is 2.00 bits per heavy atom. The number of likely N-dealkylation sites (tertiary alicyclic amines) is 2. The number of aromatic nitrogens is 1. The molecule has 2 aliphatic rings. The molecule has 1 amide bonds. The van der Waals surface area contributed by atoms with Crippen LogP contribution in [0.25, 0.3) is 22.0 Å². The standard InChI is InChI=1S/C22H17ClF2N4O2S/c23-17-13(24)5-4-10-2-1-3-11(16(10)17)20-18(25)19(26)12(8-27-20)21(32)29-9-15-14(29)6-7-28(15)22(30)31/h1-5,8,14-15H,6-7,9H2,(H2,26,27)(H,30,31)/t14-,15-/m1/s1. The van der Waals surface area contributed by atoms with Crippen LogP contribution in [0.15, 0.2) is 36.5 Å². The van der Waals surface area contributed by atoms with Crippen molar-refractivity contribution in [1.82, 2.24) is 14.8 Å². The lowest BCUT2D eigenvalue weighted by atomic mass is 9.95. The first-order valence-corrected chi connectivity index (χ1v) is 10.7. The number of nitrogen functional groups attached to an aromatic ring is 1. The van der Waals surface area contributed by atoms with Crippen molar-refractivity contribution in [3.05, 3.63) is 58.7 Å². The zero-order valence-corrected chi connectivity index (χ0v) is 18.1. The Kier molecular flexibility index (Phi) is 4.90. The smallest absolute Gasteiger partial charge is 0.407 e. The predicted molar refractivity (Wildman–Crippen MR) is 122 cm³/mol. The van der Waals surface area contributed by atoms with Crippen LogP contribution in [0.2, 0.25) is 5.02 Å². The molecule has 0 saturated carbocycles. The first-order chi connectivity index (χ1) is 15.3. The van der Waals surface area contributed by atoms with Crippen LogP contribution in [0.5, 0.6) is 0 Å². The van der Waals surface area contributed by atoms with Gasteiger partial charge in [0.25, 0.3) is 0 Å². The van der Waals surface area contributed by atoms with Gasteiger partial charge in [0.15, 0.2) is 5.82 Å². The van der Waals surface area contributed by atoms with Crippen molar-refractivity contribution >= 4 is 51.4 Å². The van der Waals surface area contributed by atoms with E-state index in [1.54, 1.807) is 24.3 Å². The summed E-state index contributed by atoms with van der Waals surface area (Å²) >= 11 is 11.7. The van der Waals surface area contributed by atoms with E-state index in [4.69, 9.17) is 29.6 Å². The molecule has 32 heavy (non-hydrogen) atoms. The van der Waals surface area contributed by atoms with Crippen LogP contribution in [0, 0.1) is 11.6 Å². The van der Waals surface area contributed by atoms with E-state index in [1.165, 1.54) is 17.2 Å². The topological polar surface area (TPSA) is 82.7 Å². The van der Waals surface area contributed by atoms with E-state index in [9.17, 15) is 14.3 Å². The lowest BCUT2D eigenvalue weighted by Crippen LogP contribution is -2.64. The average Bonchev–Trinajstić information content (AvgIpc) is 3.08. The van der Waals surface area contributed by atoms with Crippen molar-refractivity contribution in [2.75, 3.05) is 18.8 Å². The van der Waals surface area contributed by atoms with Crippen molar-refractivity contribution in [2.45, 2.75) is 18.5 Å². The summed E-state index contributed by atoms with van der Waals surface area (Å²) in [5, 5.41) is 10.1. The van der Waals surface area contributed by atoms with Crippen molar-refractivity contribution in [2.24, 2.45) is 0 Å². The monoisotopic (exact) mass is 474 g/mol. The van der Waals surface area contributed by atoms with Crippen LogP contribution in [0.3, 0.4) is 0 Å². The van der Waals surface area contributed by atoms with Crippen LogP contribution >= 0.6 is 23.8 Å². The Balaban J connectivity index is 1.51. The maximum atomic E-state index is 15.4. The van der Waals surface area contributed by atoms with Crippen LogP contribution in [-0.4, -0.2) is 56.1 Å². The molecule has 2 fully saturated rings. The highest BCUT2D eigenvalue weighted by Gasteiger charge is 2.50. The van der Waals surface area contributed by atoms with E-state index in [-0.39, 0.29) is 34.1 Å². The first kappa shape index (κ1) is 20.8. The van der Waals surface area contributed by atoms with Crippen LogP contribution in [0.4, 0.5) is 19.3 Å². The number of halogens is 3. The Labute approximate surface area is 192 Å². The molecule has 2 aromatic carbocycles. The van der Waals surface area contributed by atoms with Gasteiger partial charge in [-0.25, -0.2) is 13.6 Å². The minimum absolute atomic E-state index is 0.0495. The maximum absolute atomic E-state index is 15.4. The van der Waals surface area contributed by atoms with Crippen molar-refractivity contribution in [1.29, 1.82) is 0 Å². The number of hydrogen-bond donors (Lipinski definition) is 2. The van der Waals surface area contributed by atoms with Gasteiger partial charge in [-0.1, -0.05) is 48.1 Å². The second kappa shape index (κ2) is 7.53. The van der Waals surface area contributed by atoms with Gasteiger partial charge in [0, 0.05) is 30.2 Å². The van der Waals surface area contributed by atoms with E-state index in [2.05, 4.69) is 4.98 Å². The summed E-state index contributed by atoms with van der Waals surface area (Å²) in [4.78, 5) is 19.2. The number of nitrogens with two attached hydrogens (primary N) is 1. The summed E-state index contributed by atoms with van der Waals surface area (Å²) in [5.41, 5.74) is 6.50. The quantitative estimate of drug-likeness (QED) is 0.531. The van der Waals surface area contributed by atoms with Crippen molar-refractivity contribution in [3.8, 4) is 11.3 Å². The van der Waals surface area contributed by atoms with Gasteiger partial charge in [0.2, 0.25) is 0 Å². The molecule has 2 saturated heterocycles. The molecule has 0 aliphatic carbocycles. The molecule has 1 aromatic heterocycles. The second-order valence-electron chi connectivity index (χ2n) is 7.87. The first-order valence-electron chi connectivity index (χ1n) is 9.91. The minimum Gasteiger partial charge on any atom is -0.465 e. The number of hydrogen-bond acceptors (Lipinski definition) is 4. The van der Waals surface area contributed by atoms with Crippen LogP contribution < -0.4 is 5.73 Å². The highest BCUT2D eigenvalue weighted by molar-refractivity contribution is 7.80. The fourth-order valence-electron chi connectivity index (χ4n) is 4.61. The zero-order chi connectivity index (χ0) is 22.7. The summed E-state index contributed by atoms with van der Waals surface area (Å²) < 4.78 is 29.5. The van der Waals surface area contributed by atoms with Crippen molar-refractivity contribution in [3.63, 3.8) is 0 Å². The van der Waals surface area contributed by atoms with Crippen LogP contribution in [-0.2, 0) is 0 Å². The number of benzene rings is 2. The Morgan fingerprint density at radius 3 is 2.75 bits per heavy atom. The predicted octanol–water partition coefficient (Wildman–Crippen LogP) is 4.53. The van der Waals surface area contributed by atoms with E-state index >= 15 is 4.39 Å². The third-order valence-corrected chi connectivity index (χ3v) is 7.10. The lowest BCUT2D eigenvalue weighted by Gasteiger charge is -2.47. The summed E-state index contributed by atoms with van der Waals surface area (Å²) in [5.74, 6) is -1.38. The fraction of sp³-hybridized carbons (Fsp3) is 0.227. The summed E-state index contributed by atoms with van der Waals surface area (Å²) in [6, 6.07) is 7.69. The minimum atomic E-state index is -0.954. The number of anilines is 1. The average molecular weight is 475 g/mol. The number of pyridine rings is 1. The molecule has 3 N–H and O–H groups in total. The van der Waals surface area contributed by atoms with Gasteiger partial charge in [-0.2, -0.15) is 0 Å². The third-order valence-electron chi connectivity index (χ3n) is 6.28. The number of nitrogens with zero attached hydrogens (tertiary/aromatic N) is 3. The van der Waals surface area contributed by atoms with E-state index in [0.717, 1.165) is 0 Å². The Hall–Kier alpha value is -3.04. The van der Waals surface area contributed by atoms with Crippen LogP contribution in [0.1, 0.15) is 12.0 Å². The van der Waals surface area contributed by atoms with Gasteiger partial charge in [0.1, 0.15) is 16.5 Å². The number of amides is 1. The molecule has 0 spiro atoms. The molecule has 10 heteroatoms. The maximum Gasteiger partial charge on any atom is 0.407 e. The molecule has 2 aliphatic heterocycles. The summed E-state index contributed by atoms with van der Waals surface area (Å²) in [7, 11) is 0. The van der Waals surface area contributed by atoms with Crippen molar-refractivity contribution < 1.29 is 18.7 Å². The molecule has 0 radical (unpaired) electrons. The Bertz CT molecular complexity index is 1300. The van der Waals surface area contributed by atoms with Gasteiger partial charge in [-0.05, 0) is 17.9 Å².